The molecule has 0 unspecified atom stereocenters. The van der Waals surface area contributed by atoms with E-state index in [1.165, 1.54) is 6.21 Å². The Balaban J connectivity index is 1.96. The van der Waals surface area contributed by atoms with Crippen LogP contribution in [-0.4, -0.2) is 18.2 Å². The molecule has 6 heteroatoms. The van der Waals surface area contributed by atoms with Crippen molar-refractivity contribution in [2.45, 2.75) is 13.0 Å². The number of nitrogens with one attached hydrogen (secondary N) is 1. The predicted octanol–water partition coefficient (Wildman–Crippen LogP) is 3.70. The highest BCUT2D eigenvalue weighted by Crippen LogP contribution is 2.15. The van der Waals surface area contributed by atoms with Crippen LogP contribution in [-0.2, 0) is 9.63 Å². The summed E-state index contributed by atoms with van der Waals surface area (Å²) in [6, 6.07) is 16.3. The van der Waals surface area contributed by atoms with Crippen LogP contribution < -0.4 is 5.32 Å². The number of para-hydroxylation sites is 1. The first-order valence-corrected chi connectivity index (χ1v) is 7.65. The predicted molar refractivity (Wildman–Crippen MR) is 92.1 cm³/mol. The zero-order valence-corrected chi connectivity index (χ0v) is 13.9. The lowest BCUT2D eigenvalue weighted by atomic mass is 10.2. The van der Waals surface area contributed by atoms with Crippen molar-refractivity contribution >= 4 is 33.7 Å². The van der Waals surface area contributed by atoms with Crippen molar-refractivity contribution in [1.29, 1.82) is 5.26 Å². The molecule has 0 saturated carbocycles. The van der Waals surface area contributed by atoms with Crippen molar-refractivity contribution < 1.29 is 9.63 Å². The summed E-state index contributed by atoms with van der Waals surface area (Å²) in [5, 5.41) is 15.5. The summed E-state index contributed by atoms with van der Waals surface area (Å²) in [4.78, 5) is 17.2. The van der Waals surface area contributed by atoms with Crippen LogP contribution in [0.3, 0.4) is 0 Å². The smallest absolute Gasteiger partial charge is 0.268 e. The van der Waals surface area contributed by atoms with E-state index in [2.05, 4.69) is 26.4 Å². The standard InChI is InChI=1S/C17H14BrN3O2/c1-12(23-20-11-14-7-2-4-8-15(14)18)17(22)21-16-9-5-3-6-13(16)10-19/h2-9,11-12H,1H3,(H,21,22)/b20-11-/t12-/m0/s1. The molecule has 0 bridgehead atoms. The summed E-state index contributed by atoms with van der Waals surface area (Å²) in [7, 11) is 0. The fourth-order valence-electron chi connectivity index (χ4n) is 1.73. The van der Waals surface area contributed by atoms with Gasteiger partial charge in [0.2, 0.25) is 6.10 Å². The summed E-state index contributed by atoms with van der Waals surface area (Å²) >= 11 is 3.40. The molecule has 23 heavy (non-hydrogen) atoms. The van der Waals surface area contributed by atoms with E-state index in [1.807, 2.05) is 30.3 Å². The van der Waals surface area contributed by atoms with Gasteiger partial charge in [0.05, 0.1) is 17.5 Å². The van der Waals surface area contributed by atoms with E-state index in [1.54, 1.807) is 31.2 Å². The number of amides is 1. The normalized spacial score (nSPS) is 11.7. The van der Waals surface area contributed by atoms with Crippen molar-refractivity contribution in [1.82, 2.24) is 0 Å². The van der Waals surface area contributed by atoms with Gasteiger partial charge >= 0.3 is 0 Å². The number of halogens is 1. The number of nitriles is 1. The Morgan fingerprint density at radius 3 is 2.74 bits per heavy atom. The van der Waals surface area contributed by atoms with Crippen molar-refractivity contribution in [3.63, 3.8) is 0 Å². The fraction of sp³-hybridized carbons (Fsp3) is 0.118. The SMILES string of the molecule is C[C@H](O/N=C\c1ccccc1Br)C(=O)Nc1ccccc1C#N. The molecule has 0 aliphatic rings. The lowest BCUT2D eigenvalue weighted by Crippen LogP contribution is -2.26. The molecule has 5 nitrogen and oxygen atoms in total. The van der Waals surface area contributed by atoms with Crippen molar-refractivity contribution in [2.75, 3.05) is 5.32 Å². The Bertz CT molecular complexity index is 768. The molecular weight excluding hydrogens is 358 g/mol. The van der Waals surface area contributed by atoms with Crippen LogP contribution in [0.2, 0.25) is 0 Å². The zero-order chi connectivity index (χ0) is 16.7. The molecule has 2 rings (SSSR count). The fourth-order valence-corrected chi connectivity index (χ4v) is 2.12. The number of nitrogens with zero attached hydrogens (tertiary/aromatic N) is 2. The monoisotopic (exact) mass is 371 g/mol. The van der Waals surface area contributed by atoms with Crippen LogP contribution in [0, 0.1) is 11.3 Å². The molecule has 1 N–H and O–H groups in total. The number of carbonyl (C=O) groups excluding carboxylic acids is 1. The molecule has 0 spiro atoms. The molecule has 2 aromatic carbocycles. The maximum Gasteiger partial charge on any atom is 0.268 e. The number of hydrogen-bond donors (Lipinski definition) is 1. The minimum atomic E-state index is -0.791. The number of carbonyl (C=O) groups is 1. The number of oxime groups is 1. The van der Waals surface area contributed by atoms with Gasteiger partial charge in [-0.3, -0.25) is 4.79 Å². The molecule has 1 atom stereocenters. The van der Waals surface area contributed by atoms with Crippen molar-refractivity contribution in [3.8, 4) is 6.07 Å². The molecule has 0 aromatic heterocycles. The topological polar surface area (TPSA) is 74.5 Å². The average Bonchev–Trinajstić information content (AvgIpc) is 2.57. The van der Waals surface area contributed by atoms with Gasteiger partial charge in [-0.1, -0.05) is 51.4 Å². The van der Waals surface area contributed by atoms with Gasteiger partial charge in [0.1, 0.15) is 6.07 Å². The third-order valence-electron chi connectivity index (χ3n) is 2.99. The Labute approximate surface area is 142 Å². The maximum absolute atomic E-state index is 12.1. The number of hydrogen-bond acceptors (Lipinski definition) is 4. The van der Waals surface area contributed by atoms with Gasteiger partial charge in [0.15, 0.2) is 0 Å². The van der Waals surface area contributed by atoms with E-state index >= 15 is 0 Å². The lowest BCUT2D eigenvalue weighted by molar-refractivity contribution is -0.126. The molecule has 0 saturated heterocycles. The molecule has 0 aliphatic carbocycles. The summed E-state index contributed by atoms with van der Waals surface area (Å²) < 4.78 is 0.882. The van der Waals surface area contributed by atoms with E-state index in [4.69, 9.17) is 10.1 Å². The quantitative estimate of drug-likeness (QED) is 0.643. The highest BCUT2D eigenvalue weighted by Gasteiger charge is 2.15. The molecular formula is C17H14BrN3O2. The molecule has 1 amide bonds. The molecule has 0 aliphatic heterocycles. The maximum atomic E-state index is 12.1. The highest BCUT2D eigenvalue weighted by atomic mass is 79.9. The molecule has 2 aromatic rings. The van der Waals surface area contributed by atoms with Gasteiger partial charge in [-0.15, -0.1) is 0 Å². The first-order chi connectivity index (χ1) is 11.1. The van der Waals surface area contributed by atoms with Crippen LogP contribution in [0.25, 0.3) is 0 Å². The second kappa shape index (κ2) is 8.11. The lowest BCUT2D eigenvalue weighted by Gasteiger charge is -2.11. The van der Waals surface area contributed by atoms with Crippen LogP contribution in [0.5, 0.6) is 0 Å². The van der Waals surface area contributed by atoms with Crippen LogP contribution in [0.1, 0.15) is 18.1 Å². The van der Waals surface area contributed by atoms with Crippen LogP contribution in [0.4, 0.5) is 5.69 Å². The van der Waals surface area contributed by atoms with Gasteiger partial charge in [0, 0.05) is 10.0 Å². The Hall–Kier alpha value is -2.65. The first-order valence-electron chi connectivity index (χ1n) is 6.85. The first kappa shape index (κ1) is 16.7. The zero-order valence-electron chi connectivity index (χ0n) is 12.4. The molecule has 0 radical (unpaired) electrons. The van der Waals surface area contributed by atoms with E-state index in [0.717, 1.165) is 10.0 Å². The molecule has 0 fully saturated rings. The highest BCUT2D eigenvalue weighted by molar-refractivity contribution is 9.10. The molecule has 116 valence electrons. The molecule has 0 heterocycles. The van der Waals surface area contributed by atoms with Crippen molar-refractivity contribution in [2.24, 2.45) is 5.16 Å². The van der Waals surface area contributed by atoms with Gasteiger partial charge < -0.3 is 10.2 Å². The third kappa shape index (κ3) is 4.66. The summed E-state index contributed by atoms with van der Waals surface area (Å²) in [6.07, 6.45) is 0.734. The van der Waals surface area contributed by atoms with E-state index in [-0.39, 0.29) is 5.91 Å². The van der Waals surface area contributed by atoms with Crippen LogP contribution >= 0.6 is 15.9 Å². The van der Waals surface area contributed by atoms with Gasteiger partial charge in [-0.05, 0) is 25.1 Å². The second-order valence-electron chi connectivity index (χ2n) is 4.65. The van der Waals surface area contributed by atoms with Gasteiger partial charge in [-0.25, -0.2) is 0 Å². The van der Waals surface area contributed by atoms with E-state index in [0.29, 0.717) is 11.3 Å². The minimum Gasteiger partial charge on any atom is -0.383 e. The summed E-state index contributed by atoms with van der Waals surface area (Å²) in [5.41, 5.74) is 1.69. The van der Waals surface area contributed by atoms with E-state index < -0.39 is 6.10 Å². The number of benzene rings is 2. The summed E-state index contributed by atoms with van der Waals surface area (Å²) in [6.45, 7) is 1.59. The van der Waals surface area contributed by atoms with Gasteiger partial charge in [-0.2, -0.15) is 5.26 Å². The largest absolute Gasteiger partial charge is 0.383 e. The minimum absolute atomic E-state index is 0.378. The number of anilines is 1. The Morgan fingerprint density at radius 1 is 1.30 bits per heavy atom. The second-order valence-corrected chi connectivity index (χ2v) is 5.50. The van der Waals surface area contributed by atoms with E-state index in [9.17, 15) is 4.79 Å². The van der Waals surface area contributed by atoms with Gasteiger partial charge in [0.25, 0.3) is 5.91 Å². The van der Waals surface area contributed by atoms with Crippen LogP contribution in [0.15, 0.2) is 58.2 Å². The Kier molecular flexibility index (Phi) is 5.89. The third-order valence-corrected chi connectivity index (χ3v) is 3.71. The summed E-state index contributed by atoms with van der Waals surface area (Å²) in [5.74, 6) is -0.378. The Morgan fingerprint density at radius 2 is 2.00 bits per heavy atom. The van der Waals surface area contributed by atoms with Crippen molar-refractivity contribution in [3.05, 3.63) is 64.1 Å². The average molecular weight is 372 g/mol. The number of rotatable bonds is 5.